The van der Waals surface area contributed by atoms with Crippen LogP contribution in [0.4, 0.5) is 14.5 Å². The fraction of sp³-hybridized carbons (Fsp3) is 0.435. The molecule has 5 nitrogen and oxygen atoms in total. The van der Waals surface area contributed by atoms with E-state index in [1.165, 1.54) is 23.8 Å². The van der Waals surface area contributed by atoms with Crippen LogP contribution in [0, 0.1) is 17.6 Å². The van der Waals surface area contributed by atoms with Gasteiger partial charge in [0.05, 0.1) is 19.2 Å². The first-order valence-corrected chi connectivity index (χ1v) is 10.3. The van der Waals surface area contributed by atoms with Gasteiger partial charge in [0, 0.05) is 18.3 Å². The number of nitrogens with zero attached hydrogens (tertiary/aromatic N) is 2. The van der Waals surface area contributed by atoms with E-state index >= 15 is 0 Å². The Labute approximate surface area is 175 Å². The van der Waals surface area contributed by atoms with Crippen LogP contribution < -0.4 is 14.4 Å². The van der Waals surface area contributed by atoms with Crippen molar-refractivity contribution in [3.05, 3.63) is 53.1 Å². The standard InChI is InChI=1S/C23H26F2N2O3/c1-15-7-9-26(10-8-15)11-12-30-20-13-17(4-6-19(20)29-2)27-14-16-3-5-18(24)22(25)21(16)23(27)28/h3-6,13,15H,7-12,14H2,1-2H3. The van der Waals surface area contributed by atoms with Crippen molar-refractivity contribution in [2.24, 2.45) is 5.92 Å². The molecule has 2 aliphatic heterocycles. The van der Waals surface area contributed by atoms with Gasteiger partial charge in [-0.3, -0.25) is 9.69 Å². The molecule has 2 heterocycles. The predicted octanol–water partition coefficient (Wildman–Crippen LogP) is 4.24. The summed E-state index contributed by atoms with van der Waals surface area (Å²) in [5.74, 6) is -0.807. The molecule has 0 radical (unpaired) electrons. The molecular formula is C23H26F2N2O3. The van der Waals surface area contributed by atoms with Gasteiger partial charge in [-0.1, -0.05) is 13.0 Å². The van der Waals surface area contributed by atoms with Crippen LogP contribution in [-0.2, 0) is 6.54 Å². The van der Waals surface area contributed by atoms with E-state index in [9.17, 15) is 13.6 Å². The lowest BCUT2D eigenvalue weighted by molar-refractivity contribution is 0.0992. The van der Waals surface area contributed by atoms with E-state index in [0.29, 0.717) is 29.4 Å². The fourth-order valence-electron chi connectivity index (χ4n) is 4.06. The van der Waals surface area contributed by atoms with E-state index in [2.05, 4.69) is 11.8 Å². The second-order valence-electron chi connectivity index (χ2n) is 7.99. The first-order valence-electron chi connectivity index (χ1n) is 10.3. The van der Waals surface area contributed by atoms with Crippen molar-refractivity contribution in [3.8, 4) is 11.5 Å². The van der Waals surface area contributed by atoms with Crippen molar-refractivity contribution in [1.82, 2.24) is 4.90 Å². The maximum Gasteiger partial charge on any atom is 0.262 e. The van der Waals surface area contributed by atoms with Crippen LogP contribution in [0.5, 0.6) is 11.5 Å². The summed E-state index contributed by atoms with van der Waals surface area (Å²) in [5.41, 5.74) is 0.822. The van der Waals surface area contributed by atoms with Crippen LogP contribution in [0.2, 0.25) is 0 Å². The molecule has 0 bridgehead atoms. The number of fused-ring (bicyclic) bond motifs is 1. The smallest absolute Gasteiger partial charge is 0.262 e. The molecule has 0 N–H and O–H groups in total. The van der Waals surface area contributed by atoms with E-state index in [4.69, 9.17) is 9.47 Å². The zero-order chi connectivity index (χ0) is 21.3. The summed E-state index contributed by atoms with van der Waals surface area (Å²) in [6.45, 7) is 5.93. The molecule has 4 rings (SSSR count). The van der Waals surface area contributed by atoms with Crippen molar-refractivity contribution in [2.45, 2.75) is 26.3 Å². The molecule has 0 aromatic heterocycles. The molecule has 7 heteroatoms. The third kappa shape index (κ3) is 3.99. The lowest BCUT2D eigenvalue weighted by Crippen LogP contribution is -2.35. The number of benzene rings is 2. The van der Waals surface area contributed by atoms with E-state index in [0.717, 1.165) is 31.6 Å². The predicted molar refractivity (Wildman–Crippen MR) is 110 cm³/mol. The molecule has 1 saturated heterocycles. The Kier molecular flexibility index (Phi) is 5.90. The monoisotopic (exact) mass is 416 g/mol. The van der Waals surface area contributed by atoms with Crippen molar-refractivity contribution in [2.75, 3.05) is 38.3 Å². The lowest BCUT2D eigenvalue weighted by Gasteiger charge is -2.30. The highest BCUT2D eigenvalue weighted by Crippen LogP contribution is 2.36. The average Bonchev–Trinajstić information content (AvgIpc) is 3.09. The molecule has 0 saturated carbocycles. The number of amides is 1. The van der Waals surface area contributed by atoms with E-state index in [1.54, 1.807) is 25.3 Å². The van der Waals surface area contributed by atoms with Crippen LogP contribution in [-0.4, -0.2) is 44.2 Å². The number of anilines is 1. The zero-order valence-electron chi connectivity index (χ0n) is 17.3. The summed E-state index contributed by atoms with van der Waals surface area (Å²) in [4.78, 5) is 16.5. The number of hydrogen-bond acceptors (Lipinski definition) is 4. The van der Waals surface area contributed by atoms with Gasteiger partial charge in [-0.05, 0) is 55.6 Å². The minimum Gasteiger partial charge on any atom is -0.493 e. The minimum atomic E-state index is -1.10. The van der Waals surface area contributed by atoms with Crippen LogP contribution in [0.15, 0.2) is 30.3 Å². The molecule has 160 valence electrons. The maximum absolute atomic E-state index is 14.1. The van der Waals surface area contributed by atoms with Gasteiger partial charge in [0.1, 0.15) is 6.61 Å². The number of piperidine rings is 1. The highest BCUT2D eigenvalue weighted by Gasteiger charge is 2.33. The summed E-state index contributed by atoms with van der Waals surface area (Å²) in [6.07, 6.45) is 2.40. The van der Waals surface area contributed by atoms with Gasteiger partial charge in [-0.2, -0.15) is 0 Å². The highest BCUT2D eigenvalue weighted by molar-refractivity contribution is 6.10. The summed E-state index contributed by atoms with van der Waals surface area (Å²) < 4.78 is 39.1. The Morgan fingerprint density at radius 3 is 2.60 bits per heavy atom. The van der Waals surface area contributed by atoms with E-state index < -0.39 is 17.5 Å². The first-order chi connectivity index (χ1) is 14.5. The molecule has 1 fully saturated rings. The van der Waals surface area contributed by atoms with E-state index in [-0.39, 0.29) is 12.1 Å². The van der Waals surface area contributed by atoms with E-state index in [1.807, 2.05) is 0 Å². The Hall–Kier alpha value is -2.67. The zero-order valence-corrected chi connectivity index (χ0v) is 17.3. The number of methoxy groups -OCH3 is 1. The second-order valence-corrected chi connectivity index (χ2v) is 7.99. The van der Waals surface area contributed by atoms with Crippen LogP contribution in [0.3, 0.4) is 0 Å². The quantitative estimate of drug-likeness (QED) is 0.706. The number of carbonyl (C=O) groups excluding carboxylic acids is 1. The number of likely N-dealkylation sites (tertiary alicyclic amines) is 1. The van der Waals surface area contributed by atoms with Gasteiger partial charge >= 0.3 is 0 Å². The van der Waals surface area contributed by atoms with Gasteiger partial charge in [0.25, 0.3) is 5.91 Å². The van der Waals surface area contributed by atoms with Crippen LogP contribution in [0.25, 0.3) is 0 Å². The Morgan fingerprint density at radius 2 is 1.87 bits per heavy atom. The molecule has 1 amide bonds. The minimum absolute atomic E-state index is 0.184. The number of carbonyl (C=O) groups is 1. The van der Waals surface area contributed by atoms with Crippen molar-refractivity contribution >= 4 is 11.6 Å². The molecular weight excluding hydrogens is 390 g/mol. The topological polar surface area (TPSA) is 42.0 Å². The third-order valence-corrected chi connectivity index (χ3v) is 5.97. The Morgan fingerprint density at radius 1 is 1.10 bits per heavy atom. The largest absolute Gasteiger partial charge is 0.493 e. The lowest BCUT2D eigenvalue weighted by atomic mass is 9.99. The molecule has 2 aliphatic rings. The van der Waals surface area contributed by atoms with Gasteiger partial charge in [0.2, 0.25) is 0 Å². The molecule has 30 heavy (non-hydrogen) atoms. The molecule has 0 aliphatic carbocycles. The van der Waals surface area contributed by atoms with Crippen molar-refractivity contribution < 1.29 is 23.0 Å². The molecule has 2 aromatic carbocycles. The molecule has 0 atom stereocenters. The van der Waals surface area contributed by atoms with Gasteiger partial charge < -0.3 is 14.4 Å². The SMILES string of the molecule is COc1ccc(N2Cc3ccc(F)c(F)c3C2=O)cc1OCCN1CCC(C)CC1. The number of hydrogen-bond donors (Lipinski definition) is 0. The highest BCUT2D eigenvalue weighted by atomic mass is 19.2. The summed E-state index contributed by atoms with van der Waals surface area (Å²) >= 11 is 0. The normalized spacial score (nSPS) is 17.3. The Balaban J connectivity index is 1.48. The molecule has 2 aromatic rings. The number of ether oxygens (including phenoxy) is 2. The van der Waals surface area contributed by atoms with Gasteiger partial charge in [-0.15, -0.1) is 0 Å². The van der Waals surface area contributed by atoms with Crippen molar-refractivity contribution in [3.63, 3.8) is 0 Å². The van der Waals surface area contributed by atoms with Crippen LogP contribution >= 0.6 is 0 Å². The van der Waals surface area contributed by atoms with Gasteiger partial charge in [0.15, 0.2) is 23.1 Å². The summed E-state index contributed by atoms with van der Waals surface area (Å²) in [6, 6.07) is 7.66. The second kappa shape index (κ2) is 8.60. The molecule has 0 unspecified atom stereocenters. The Bertz CT molecular complexity index is 942. The maximum atomic E-state index is 14.1. The fourth-order valence-corrected chi connectivity index (χ4v) is 4.06. The first kappa shape index (κ1) is 20.6. The van der Waals surface area contributed by atoms with Crippen LogP contribution in [0.1, 0.15) is 35.7 Å². The summed E-state index contributed by atoms with van der Waals surface area (Å²) in [5, 5.41) is 0. The number of halogens is 2. The summed E-state index contributed by atoms with van der Waals surface area (Å²) in [7, 11) is 1.56. The van der Waals surface area contributed by atoms with Crippen molar-refractivity contribution in [1.29, 1.82) is 0 Å². The molecule has 0 spiro atoms. The van der Waals surface area contributed by atoms with Gasteiger partial charge in [-0.25, -0.2) is 8.78 Å². The third-order valence-electron chi connectivity index (χ3n) is 5.97. The average molecular weight is 416 g/mol. The number of rotatable bonds is 6.